The number of carbonyl (C=O) groups excluding carboxylic acids is 2. The Morgan fingerprint density at radius 3 is 2.47 bits per heavy atom. The van der Waals surface area contributed by atoms with Crippen LogP contribution in [-0.2, 0) is 26.2 Å². The van der Waals surface area contributed by atoms with Crippen molar-refractivity contribution in [1.82, 2.24) is 20.1 Å². The van der Waals surface area contributed by atoms with Gasteiger partial charge < -0.3 is 9.64 Å². The van der Waals surface area contributed by atoms with Crippen molar-refractivity contribution in [2.45, 2.75) is 44.2 Å². The van der Waals surface area contributed by atoms with Gasteiger partial charge in [0.2, 0.25) is 21.8 Å². The largest absolute Gasteiger partial charge is 0.489 e. The van der Waals surface area contributed by atoms with E-state index in [0.717, 1.165) is 27.7 Å². The predicted octanol–water partition coefficient (Wildman–Crippen LogP) is 2.21. The molecule has 0 radical (unpaired) electrons. The number of hydrogen-bond acceptors (Lipinski definition) is 7. The number of nitrogens with zero attached hydrogens (tertiary/aromatic N) is 2. The quantitative estimate of drug-likeness (QED) is 0.311. The van der Waals surface area contributed by atoms with Crippen LogP contribution in [0.5, 0.6) is 5.75 Å². The van der Waals surface area contributed by atoms with E-state index in [1.807, 2.05) is 38.1 Å². The van der Waals surface area contributed by atoms with Crippen LogP contribution in [0.15, 0.2) is 53.4 Å². The second-order valence-electron chi connectivity index (χ2n) is 9.13. The number of nitrogens with one attached hydrogen (secondary N) is 2. The minimum atomic E-state index is -4.02. The van der Waals surface area contributed by atoms with Crippen LogP contribution in [0.4, 0.5) is 0 Å². The highest BCUT2D eigenvalue weighted by Gasteiger charge is 2.48. The highest BCUT2D eigenvalue weighted by molar-refractivity contribution is 7.89. The fourth-order valence-electron chi connectivity index (χ4n) is 4.41. The normalized spacial score (nSPS) is 14.8. The van der Waals surface area contributed by atoms with Crippen LogP contribution >= 0.6 is 0 Å². The van der Waals surface area contributed by atoms with Crippen molar-refractivity contribution in [1.29, 1.82) is 0 Å². The Hall–Kier alpha value is -3.54. The third-order valence-corrected chi connectivity index (χ3v) is 7.78. The number of aromatic nitrogens is 1. The molecule has 3 N–H and O–H groups in total. The minimum Gasteiger partial charge on any atom is -0.489 e. The van der Waals surface area contributed by atoms with Crippen LogP contribution in [0.3, 0.4) is 0 Å². The van der Waals surface area contributed by atoms with Gasteiger partial charge in [-0.1, -0.05) is 18.2 Å². The van der Waals surface area contributed by atoms with Gasteiger partial charge >= 0.3 is 0 Å². The molecular weight excluding hydrogens is 484 g/mol. The van der Waals surface area contributed by atoms with Gasteiger partial charge in [0.1, 0.15) is 12.4 Å². The SMILES string of the molecule is CC(=O)N1CC(CC(=O)NO)(NS(=O)(=O)c2ccc(OCc3cc(C)nc4c(C)cccc34)cc2)C1. The Balaban J connectivity index is 1.48. The molecule has 2 aromatic carbocycles. The summed E-state index contributed by atoms with van der Waals surface area (Å²) in [5.74, 6) is -0.494. The highest BCUT2D eigenvalue weighted by Crippen LogP contribution is 2.28. The molecule has 0 bridgehead atoms. The number of benzene rings is 2. The smallest absolute Gasteiger partial charge is 0.245 e. The molecule has 0 atom stereocenters. The van der Waals surface area contributed by atoms with Crippen molar-refractivity contribution >= 4 is 32.7 Å². The van der Waals surface area contributed by atoms with E-state index in [-0.39, 0.29) is 36.9 Å². The van der Waals surface area contributed by atoms with Gasteiger partial charge in [-0.3, -0.25) is 19.8 Å². The molecular formula is C25H28N4O6S. The average Bonchev–Trinajstić information content (AvgIpc) is 2.81. The van der Waals surface area contributed by atoms with Crippen LogP contribution < -0.4 is 14.9 Å². The van der Waals surface area contributed by atoms with Crippen molar-refractivity contribution in [2.75, 3.05) is 13.1 Å². The number of fused-ring (bicyclic) bond motifs is 1. The predicted molar refractivity (Wildman–Crippen MR) is 132 cm³/mol. The van der Waals surface area contributed by atoms with Crippen LogP contribution in [0.25, 0.3) is 10.9 Å². The Labute approximate surface area is 209 Å². The first kappa shape index (κ1) is 25.5. The third kappa shape index (κ3) is 5.32. The fourth-order valence-corrected chi connectivity index (χ4v) is 5.79. The number of aryl methyl sites for hydroxylation is 2. The van der Waals surface area contributed by atoms with E-state index in [4.69, 9.17) is 9.94 Å². The molecule has 1 saturated heterocycles. The van der Waals surface area contributed by atoms with Gasteiger partial charge in [-0.15, -0.1) is 0 Å². The van der Waals surface area contributed by atoms with Crippen LogP contribution in [-0.4, -0.2) is 54.0 Å². The molecule has 2 amide bonds. The summed E-state index contributed by atoms with van der Waals surface area (Å²) >= 11 is 0. The molecule has 0 aliphatic carbocycles. The summed E-state index contributed by atoms with van der Waals surface area (Å²) in [6.07, 6.45) is -0.313. The van der Waals surface area contributed by atoms with Gasteiger partial charge in [0.05, 0.1) is 22.4 Å². The van der Waals surface area contributed by atoms with Gasteiger partial charge in [-0.2, -0.15) is 0 Å². The number of ether oxygens (including phenoxy) is 1. The molecule has 2 heterocycles. The lowest BCUT2D eigenvalue weighted by atomic mass is 9.87. The van der Waals surface area contributed by atoms with E-state index in [9.17, 15) is 18.0 Å². The fraction of sp³-hybridized carbons (Fsp3) is 0.320. The maximum atomic E-state index is 13.0. The highest BCUT2D eigenvalue weighted by atomic mass is 32.2. The van der Waals surface area contributed by atoms with Gasteiger partial charge in [0, 0.05) is 36.7 Å². The molecule has 10 nitrogen and oxygen atoms in total. The van der Waals surface area contributed by atoms with E-state index < -0.39 is 21.5 Å². The van der Waals surface area contributed by atoms with Gasteiger partial charge in [-0.25, -0.2) is 18.6 Å². The van der Waals surface area contributed by atoms with Gasteiger partial charge in [-0.05, 0) is 49.7 Å². The molecule has 190 valence electrons. The first-order chi connectivity index (χ1) is 17.0. The number of likely N-dealkylation sites (tertiary alicyclic amines) is 1. The summed E-state index contributed by atoms with van der Waals surface area (Å²) in [4.78, 5) is 29.4. The van der Waals surface area contributed by atoms with Gasteiger partial charge in [0.15, 0.2) is 0 Å². The molecule has 1 aromatic heterocycles. The zero-order valence-corrected chi connectivity index (χ0v) is 21.1. The Morgan fingerprint density at radius 1 is 1.14 bits per heavy atom. The number of pyridine rings is 1. The summed E-state index contributed by atoms with van der Waals surface area (Å²) in [5, 5.41) is 9.89. The topological polar surface area (TPSA) is 138 Å². The second kappa shape index (κ2) is 9.84. The van der Waals surface area contributed by atoms with Crippen molar-refractivity contribution < 1.29 is 28.0 Å². The minimum absolute atomic E-state index is 0.0132. The molecule has 0 unspecified atom stereocenters. The summed E-state index contributed by atoms with van der Waals surface area (Å²) < 4.78 is 34.5. The number of amides is 2. The standard InChI is InChI=1S/C25H28N4O6S/c1-16-5-4-6-22-19(11-17(2)26-24(16)22)13-35-20-7-9-21(10-8-20)36(33,34)28-25(12-23(31)27-32)14-29(15-25)18(3)30/h4-11,28,32H,12-15H2,1-3H3,(H,27,31). The maximum absolute atomic E-state index is 13.0. The third-order valence-electron chi connectivity index (χ3n) is 6.19. The van der Waals surface area contributed by atoms with Crippen LogP contribution in [0.1, 0.15) is 30.2 Å². The summed E-state index contributed by atoms with van der Waals surface area (Å²) in [7, 11) is -4.02. The Kier molecular flexibility index (Phi) is 6.98. The van der Waals surface area contributed by atoms with Gasteiger partial charge in [0.25, 0.3) is 0 Å². The number of rotatable bonds is 8. The van der Waals surface area contributed by atoms with E-state index in [1.165, 1.54) is 29.4 Å². The van der Waals surface area contributed by atoms with Crippen LogP contribution in [0, 0.1) is 13.8 Å². The maximum Gasteiger partial charge on any atom is 0.245 e. The number of hydroxylamine groups is 1. The average molecular weight is 513 g/mol. The molecule has 1 aliphatic rings. The van der Waals surface area contributed by atoms with Crippen molar-refractivity contribution in [2.24, 2.45) is 0 Å². The van der Waals surface area contributed by atoms with E-state index in [0.29, 0.717) is 5.75 Å². The summed E-state index contributed by atoms with van der Waals surface area (Å²) in [5.41, 5.74) is 4.16. The molecule has 4 rings (SSSR count). The monoisotopic (exact) mass is 512 g/mol. The molecule has 36 heavy (non-hydrogen) atoms. The summed E-state index contributed by atoms with van der Waals surface area (Å²) in [6, 6.07) is 13.9. The lowest BCUT2D eigenvalue weighted by molar-refractivity contribution is -0.141. The zero-order chi connectivity index (χ0) is 26.1. The lowest BCUT2D eigenvalue weighted by Gasteiger charge is -2.49. The number of carbonyl (C=O) groups is 2. The van der Waals surface area contributed by atoms with Crippen LogP contribution in [0.2, 0.25) is 0 Å². The number of para-hydroxylation sites is 1. The molecule has 0 spiro atoms. The van der Waals surface area contributed by atoms with Crippen molar-refractivity contribution in [3.8, 4) is 5.75 Å². The first-order valence-electron chi connectivity index (χ1n) is 11.3. The number of hydrogen-bond donors (Lipinski definition) is 3. The first-order valence-corrected chi connectivity index (χ1v) is 12.8. The van der Waals surface area contributed by atoms with Crippen molar-refractivity contribution in [3.63, 3.8) is 0 Å². The number of sulfonamides is 1. The van der Waals surface area contributed by atoms with E-state index in [1.54, 1.807) is 12.1 Å². The molecule has 1 aliphatic heterocycles. The molecule has 1 fully saturated rings. The van der Waals surface area contributed by atoms with Crippen molar-refractivity contribution in [3.05, 3.63) is 65.4 Å². The lowest BCUT2D eigenvalue weighted by Crippen LogP contribution is -2.71. The second-order valence-corrected chi connectivity index (χ2v) is 10.8. The molecule has 3 aromatic rings. The molecule has 11 heteroatoms. The molecule has 0 saturated carbocycles. The van der Waals surface area contributed by atoms with E-state index >= 15 is 0 Å². The zero-order valence-electron chi connectivity index (χ0n) is 20.2. The van der Waals surface area contributed by atoms with E-state index in [2.05, 4.69) is 9.71 Å². The summed E-state index contributed by atoms with van der Waals surface area (Å²) in [6.45, 7) is 5.63. The Bertz CT molecular complexity index is 1420. The Morgan fingerprint density at radius 2 is 1.83 bits per heavy atom.